The van der Waals surface area contributed by atoms with E-state index in [1.807, 2.05) is 0 Å². The van der Waals surface area contributed by atoms with Crippen molar-refractivity contribution in [2.75, 3.05) is 6.54 Å². The van der Waals surface area contributed by atoms with Crippen molar-refractivity contribution in [1.82, 2.24) is 10.6 Å². The topological polar surface area (TPSA) is 95.5 Å². The fraction of sp³-hybridized carbons (Fsp3) is 0.400. The SMILES string of the molecule is CC(C)[C@H](NC(=O)CNC(=O)c1ccc(C(F)(F)F)cc1)C(=O)O. The van der Waals surface area contributed by atoms with Crippen molar-refractivity contribution in [3.8, 4) is 0 Å². The molecule has 0 aromatic heterocycles. The molecule has 0 spiro atoms. The number of nitrogens with one attached hydrogen (secondary N) is 2. The molecule has 0 saturated carbocycles. The molecule has 0 heterocycles. The van der Waals surface area contributed by atoms with Gasteiger partial charge in [0.25, 0.3) is 5.91 Å². The van der Waals surface area contributed by atoms with E-state index in [4.69, 9.17) is 5.11 Å². The molecule has 1 aromatic rings. The molecular weight excluding hydrogens is 329 g/mol. The summed E-state index contributed by atoms with van der Waals surface area (Å²) in [7, 11) is 0. The molecule has 1 atom stereocenters. The number of hydrogen-bond donors (Lipinski definition) is 3. The second kappa shape index (κ2) is 7.80. The Balaban J connectivity index is 2.59. The van der Waals surface area contributed by atoms with Crippen LogP contribution in [-0.2, 0) is 15.8 Å². The lowest BCUT2D eigenvalue weighted by Crippen LogP contribution is -2.48. The monoisotopic (exact) mass is 346 g/mol. The van der Waals surface area contributed by atoms with E-state index in [1.54, 1.807) is 13.8 Å². The van der Waals surface area contributed by atoms with Gasteiger partial charge in [0.15, 0.2) is 0 Å². The van der Waals surface area contributed by atoms with Crippen LogP contribution in [0.3, 0.4) is 0 Å². The van der Waals surface area contributed by atoms with Gasteiger partial charge in [0.1, 0.15) is 6.04 Å². The van der Waals surface area contributed by atoms with E-state index in [2.05, 4.69) is 10.6 Å². The van der Waals surface area contributed by atoms with Crippen LogP contribution in [0.1, 0.15) is 29.8 Å². The average molecular weight is 346 g/mol. The van der Waals surface area contributed by atoms with Crippen molar-refractivity contribution in [2.24, 2.45) is 5.92 Å². The summed E-state index contributed by atoms with van der Waals surface area (Å²) in [6.07, 6.45) is -4.50. The summed E-state index contributed by atoms with van der Waals surface area (Å²) in [6.45, 7) is 2.73. The molecule has 0 saturated heterocycles. The predicted molar refractivity (Wildman–Crippen MR) is 78.2 cm³/mol. The van der Waals surface area contributed by atoms with Gasteiger partial charge in [-0.15, -0.1) is 0 Å². The van der Waals surface area contributed by atoms with Crippen LogP contribution in [0.25, 0.3) is 0 Å². The lowest BCUT2D eigenvalue weighted by atomic mass is 10.0. The van der Waals surface area contributed by atoms with Gasteiger partial charge in [-0.2, -0.15) is 13.2 Å². The Labute approximate surface area is 136 Å². The Kier molecular flexibility index (Phi) is 6.33. The Morgan fingerprint density at radius 1 is 1.12 bits per heavy atom. The summed E-state index contributed by atoms with van der Waals surface area (Å²) < 4.78 is 37.3. The molecule has 0 unspecified atom stereocenters. The van der Waals surface area contributed by atoms with Gasteiger partial charge in [0.2, 0.25) is 5.91 Å². The van der Waals surface area contributed by atoms with Crippen molar-refractivity contribution in [2.45, 2.75) is 26.1 Å². The van der Waals surface area contributed by atoms with E-state index in [0.29, 0.717) is 0 Å². The van der Waals surface area contributed by atoms with Crippen molar-refractivity contribution in [3.63, 3.8) is 0 Å². The molecule has 132 valence electrons. The van der Waals surface area contributed by atoms with Crippen molar-refractivity contribution in [3.05, 3.63) is 35.4 Å². The van der Waals surface area contributed by atoms with Gasteiger partial charge in [0, 0.05) is 5.56 Å². The lowest BCUT2D eigenvalue weighted by molar-refractivity contribution is -0.143. The molecule has 0 bridgehead atoms. The van der Waals surface area contributed by atoms with Crippen LogP contribution in [0.5, 0.6) is 0 Å². The largest absolute Gasteiger partial charge is 0.480 e. The van der Waals surface area contributed by atoms with Gasteiger partial charge in [-0.3, -0.25) is 9.59 Å². The molecule has 0 aliphatic heterocycles. The maximum absolute atomic E-state index is 12.4. The quantitative estimate of drug-likeness (QED) is 0.730. The number of benzene rings is 1. The molecule has 1 rings (SSSR count). The first-order valence-electron chi connectivity index (χ1n) is 7.00. The molecule has 3 N–H and O–H groups in total. The molecule has 6 nitrogen and oxygen atoms in total. The van der Waals surface area contributed by atoms with E-state index >= 15 is 0 Å². The van der Waals surface area contributed by atoms with Gasteiger partial charge in [-0.05, 0) is 30.2 Å². The number of aliphatic carboxylic acids is 1. The second-order valence-corrected chi connectivity index (χ2v) is 5.39. The molecule has 1 aromatic carbocycles. The number of alkyl halides is 3. The highest BCUT2D eigenvalue weighted by molar-refractivity contribution is 5.96. The van der Waals surface area contributed by atoms with Gasteiger partial charge < -0.3 is 15.7 Å². The third kappa shape index (κ3) is 5.56. The summed E-state index contributed by atoms with van der Waals surface area (Å²) >= 11 is 0. The highest BCUT2D eigenvalue weighted by Crippen LogP contribution is 2.28. The molecule has 24 heavy (non-hydrogen) atoms. The minimum absolute atomic E-state index is 0.0468. The molecule has 0 aliphatic rings. The molecule has 9 heteroatoms. The third-order valence-electron chi connectivity index (χ3n) is 3.13. The first-order chi connectivity index (χ1) is 11.0. The Morgan fingerprint density at radius 3 is 2.08 bits per heavy atom. The summed E-state index contributed by atoms with van der Waals surface area (Å²) in [4.78, 5) is 34.4. The average Bonchev–Trinajstić information content (AvgIpc) is 2.48. The van der Waals surface area contributed by atoms with Crippen molar-refractivity contribution in [1.29, 1.82) is 0 Å². The van der Waals surface area contributed by atoms with Crippen LogP contribution in [-0.4, -0.2) is 35.5 Å². The van der Waals surface area contributed by atoms with Crippen LogP contribution >= 0.6 is 0 Å². The van der Waals surface area contributed by atoms with E-state index in [-0.39, 0.29) is 11.5 Å². The maximum atomic E-state index is 12.4. The maximum Gasteiger partial charge on any atom is 0.416 e. The second-order valence-electron chi connectivity index (χ2n) is 5.39. The molecular formula is C15H17F3N2O4. The number of carbonyl (C=O) groups is 3. The van der Waals surface area contributed by atoms with E-state index in [1.165, 1.54) is 0 Å². The van der Waals surface area contributed by atoms with Crippen LogP contribution < -0.4 is 10.6 Å². The first-order valence-corrected chi connectivity index (χ1v) is 7.00. The summed E-state index contributed by atoms with van der Waals surface area (Å²) in [5.41, 5.74) is -0.938. The number of rotatable bonds is 6. The Morgan fingerprint density at radius 2 is 1.67 bits per heavy atom. The highest BCUT2D eigenvalue weighted by atomic mass is 19.4. The minimum Gasteiger partial charge on any atom is -0.480 e. The van der Waals surface area contributed by atoms with Crippen LogP contribution in [0, 0.1) is 5.92 Å². The predicted octanol–water partition coefficient (Wildman–Crippen LogP) is 1.66. The Bertz CT molecular complexity index is 612. The van der Waals surface area contributed by atoms with E-state index in [0.717, 1.165) is 24.3 Å². The van der Waals surface area contributed by atoms with Gasteiger partial charge in [-0.25, -0.2) is 4.79 Å². The number of carboxylic acids is 1. The van der Waals surface area contributed by atoms with Crippen molar-refractivity contribution < 1.29 is 32.7 Å². The van der Waals surface area contributed by atoms with Crippen LogP contribution in [0.2, 0.25) is 0 Å². The molecule has 0 fully saturated rings. The number of carbonyl (C=O) groups excluding carboxylic acids is 2. The molecule has 2 amide bonds. The highest BCUT2D eigenvalue weighted by Gasteiger charge is 2.30. The summed E-state index contributed by atoms with van der Waals surface area (Å²) in [5.74, 6) is -3.00. The fourth-order valence-electron chi connectivity index (χ4n) is 1.81. The smallest absolute Gasteiger partial charge is 0.416 e. The standard InChI is InChI=1S/C15H17F3N2O4/c1-8(2)12(14(23)24)20-11(21)7-19-13(22)9-3-5-10(6-4-9)15(16,17)18/h3-6,8,12H,7H2,1-2H3,(H,19,22)(H,20,21)(H,23,24)/t12-/m0/s1. The van der Waals surface area contributed by atoms with Crippen LogP contribution in [0.15, 0.2) is 24.3 Å². The zero-order valence-electron chi connectivity index (χ0n) is 13.0. The number of halogens is 3. The molecule has 0 aliphatic carbocycles. The fourth-order valence-corrected chi connectivity index (χ4v) is 1.81. The van der Waals surface area contributed by atoms with E-state index in [9.17, 15) is 27.6 Å². The minimum atomic E-state index is -4.50. The zero-order chi connectivity index (χ0) is 18.5. The van der Waals surface area contributed by atoms with Crippen molar-refractivity contribution >= 4 is 17.8 Å². The van der Waals surface area contributed by atoms with Crippen LogP contribution in [0.4, 0.5) is 13.2 Å². The number of carboxylic acid groups (broad SMARTS) is 1. The van der Waals surface area contributed by atoms with Gasteiger partial charge in [0.05, 0.1) is 12.1 Å². The number of hydrogen-bond acceptors (Lipinski definition) is 3. The first kappa shape index (κ1) is 19.5. The normalized spacial score (nSPS) is 12.6. The Hall–Kier alpha value is -2.58. The zero-order valence-corrected chi connectivity index (χ0v) is 13.0. The number of amides is 2. The molecule has 0 radical (unpaired) electrons. The van der Waals surface area contributed by atoms with E-state index < -0.39 is 42.1 Å². The summed E-state index contributed by atoms with van der Waals surface area (Å²) in [6, 6.07) is 2.40. The third-order valence-corrected chi connectivity index (χ3v) is 3.13. The van der Waals surface area contributed by atoms with Gasteiger partial charge >= 0.3 is 12.1 Å². The lowest BCUT2D eigenvalue weighted by Gasteiger charge is -2.18. The summed E-state index contributed by atoms with van der Waals surface area (Å²) in [5, 5.41) is 13.4. The van der Waals surface area contributed by atoms with Gasteiger partial charge in [-0.1, -0.05) is 13.8 Å².